The highest BCUT2D eigenvalue weighted by Crippen LogP contribution is 2.40. The Morgan fingerprint density at radius 2 is 1.86 bits per heavy atom. The Hall–Kier alpha value is -1.71. The zero-order chi connectivity index (χ0) is 14.8. The van der Waals surface area contributed by atoms with Crippen LogP contribution in [0.15, 0.2) is 36.4 Å². The smallest absolute Gasteiger partial charge is 0.164 e. The molecule has 0 radical (unpaired) electrons. The molecule has 0 bridgehead atoms. The highest BCUT2D eigenvalue weighted by atomic mass is 35.5. The average Bonchev–Trinajstić information content (AvgIpc) is 2.53. The van der Waals surface area contributed by atoms with Gasteiger partial charge in [-0.15, -0.1) is 0 Å². The van der Waals surface area contributed by atoms with E-state index in [0.29, 0.717) is 0 Å². The number of hydrogen-bond acceptors (Lipinski definition) is 3. The van der Waals surface area contributed by atoms with Crippen molar-refractivity contribution in [3.63, 3.8) is 0 Å². The van der Waals surface area contributed by atoms with Crippen LogP contribution in [-0.4, -0.2) is 20.8 Å². The van der Waals surface area contributed by atoms with E-state index in [0.717, 1.165) is 35.1 Å². The molecule has 3 nitrogen and oxygen atoms in total. The molecule has 1 aliphatic heterocycles. The summed E-state index contributed by atoms with van der Waals surface area (Å²) in [6.45, 7) is 0.881. The lowest BCUT2D eigenvalue weighted by Crippen LogP contribution is -2.31. The van der Waals surface area contributed by atoms with Crippen LogP contribution in [0.2, 0.25) is 5.02 Å². The molecule has 1 aliphatic rings. The fourth-order valence-corrected chi connectivity index (χ4v) is 3.22. The number of rotatable bonds is 3. The average molecular weight is 304 g/mol. The molecule has 0 aromatic heterocycles. The van der Waals surface area contributed by atoms with Crippen LogP contribution in [0.1, 0.15) is 22.7 Å². The summed E-state index contributed by atoms with van der Waals surface area (Å²) in [7, 11) is 3.35. The maximum atomic E-state index is 6.36. The summed E-state index contributed by atoms with van der Waals surface area (Å²) >= 11 is 6.36. The van der Waals surface area contributed by atoms with Gasteiger partial charge in [0.1, 0.15) is 0 Å². The first-order valence-electron chi connectivity index (χ1n) is 6.97. The highest BCUT2D eigenvalue weighted by molar-refractivity contribution is 6.31. The lowest BCUT2D eigenvalue weighted by Gasteiger charge is -2.29. The molecule has 0 aliphatic carbocycles. The van der Waals surface area contributed by atoms with E-state index >= 15 is 0 Å². The van der Waals surface area contributed by atoms with Crippen molar-refractivity contribution < 1.29 is 9.47 Å². The number of ether oxygens (including phenoxy) is 2. The summed E-state index contributed by atoms with van der Waals surface area (Å²) < 4.78 is 11.0. The van der Waals surface area contributed by atoms with Gasteiger partial charge in [0.15, 0.2) is 11.5 Å². The van der Waals surface area contributed by atoms with Gasteiger partial charge in [0, 0.05) is 17.1 Å². The third-order valence-electron chi connectivity index (χ3n) is 3.94. The molecule has 1 atom stereocenters. The summed E-state index contributed by atoms with van der Waals surface area (Å²) in [5.74, 6) is 1.60. The van der Waals surface area contributed by atoms with Gasteiger partial charge in [-0.3, -0.25) is 0 Å². The molecule has 1 heterocycles. The topological polar surface area (TPSA) is 30.5 Å². The van der Waals surface area contributed by atoms with E-state index in [2.05, 4.69) is 17.4 Å². The zero-order valence-electron chi connectivity index (χ0n) is 12.2. The third kappa shape index (κ3) is 2.47. The van der Waals surface area contributed by atoms with Crippen LogP contribution in [-0.2, 0) is 6.42 Å². The van der Waals surface area contributed by atoms with Crippen molar-refractivity contribution in [2.45, 2.75) is 12.5 Å². The molecule has 1 unspecified atom stereocenters. The van der Waals surface area contributed by atoms with Crippen LogP contribution in [0, 0.1) is 0 Å². The Morgan fingerprint density at radius 3 is 2.57 bits per heavy atom. The summed E-state index contributed by atoms with van der Waals surface area (Å²) in [6.07, 6.45) is 0.913. The molecule has 2 aromatic rings. The van der Waals surface area contributed by atoms with Gasteiger partial charge in [-0.2, -0.15) is 0 Å². The van der Waals surface area contributed by atoms with Crippen molar-refractivity contribution in [1.29, 1.82) is 0 Å². The van der Waals surface area contributed by atoms with Gasteiger partial charge in [-0.25, -0.2) is 0 Å². The summed E-state index contributed by atoms with van der Waals surface area (Å²) in [4.78, 5) is 0. The molecule has 0 amide bonds. The van der Waals surface area contributed by atoms with Crippen molar-refractivity contribution >= 4 is 11.6 Å². The molecular formula is C17H18ClNO2. The highest BCUT2D eigenvalue weighted by Gasteiger charge is 2.26. The van der Waals surface area contributed by atoms with Crippen molar-refractivity contribution in [2.75, 3.05) is 20.8 Å². The van der Waals surface area contributed by atoms with Gasteiger partial charge in [0.25, 0.3) is 0 Å². The van der Waals surface area contributed by atoms with Crippen molar-refractivity contribution in [2.24, 2.45) is 0 Å². The minimum Gasteiger partial charge on any atom is -0.493 e. The fourth-order valence-electron chi connectivity index (χ4n) is 2.97. The van der Waals surface area contributed by atoms with Crippen LogP contribution < -0.4 is 14.8 Å². The van der Waals surface area contributed by atoms with Crippen LogP contribution in [0.5, 0.6) is 11.5 Å². The molecular weight excluding hydrogens is 286 g/mol. The molecule has 2 aromatic carbocycles. The van der Waals surface area contributed by atoms with E-state index in [-0.39, 0.29) is 6.04 Å². The maximum Gasteiger partial charge on any atom is 0.164 e. The number of methoxy groups -OCH3 is 2. The number of halogens is 1. The number of fused-ring (bicyclic) bond motifs is 1. The zero-order valence-corrected chi connectivity index (χ0v) is 12.9. The van der Waals surface area contributed by atoms with E-state index in [4.69, 9.17) is 21.1 Å². The second-order valence-electron chi connectivity index (χ2n) is 5.03. The Bertz CT molecular complexity index is 657. The Balaban J connectivity index is 2.13. The minimum absolute atomic E-state index is 0.0854. The van der Waals surface area contributed by atoms with Crippen LogP contribution in [0.25, 0.3) is 0 Å². The standard InChI is InChI=1S/C17H18ClNO2/c1-20-15-8-7-11-12(17(15)21-2)9-10-19-16(11)13-5-3-4-6-14(13)18/h3-8,16,19H,9-10H2,1-2H3. The van der Waals surface area contributed by atoms with Crippen molar-refractivity contribution in [3.8, 4) is 11.5 Å². The van der Waals surface area contributed by atoms with E-state index in [9.17, 15) is 0 Å². The van der Waals surface area contributed by atoms with Crippen LogP contribution in [0.4, 0.5) is 0 Å². The predicted molar refractivity (Wildman–Crippen MR) is 84.5 cm³/mol. The van der Waals surface area contributed by atoms with Crippen LogP contribution in [0.3, 0.4) is 0 Å². The van der Waals surface area contributed by atoms with Crippen molar-refractivity contribution in [3.05, 3.63) is 58.1 Å². The molecule has 21 heavy (non-hydrogen) atoms. The van der Waals surface area contributed by atoms with Gasteiger partial charge >= 0.3 is 0 Å². The largest absolute Gasteiger partial charge is 0.493 e. The lowest BCUT2D eigenvalue weighted by atomic mass is 9.89. The van der Waals surface area contributed by atoms with E-state index in [1.807, 2.05) is 24.3 Å². The Morgan fingerprint density at radius 1 is 1.05 bits per heavy atom. The van der Waals surface area contributed by atoms with E-state index in [1.54, 1.807) is 14.2 Å². The van der Waals surface area contributed by atoms with E-state index < -0.39 is 0 Å². The minimum atomic E-state index is 0.0854. The third-order valence-corrected chi connectivity index (χ3v) is 4.28. The molecule has 0 fully saturated rings. The van der Waals surface area contributed by atoms with Crippen molar-refractivity contribution in [1.82, 2.24) is 5.32 Å². The van der Waals surface area contributed by atoms with Gasteiger partial charge in [0.05, 0.1) is 20.3 Å². The predicted octanol–water partition coefficient (Wildman–Crippen LogP) is 3.59. The molecule has 0 saturated carbocycles. The monoisotopic (exact) mass is 303 g/mol. The number of hydrogen-bond donors (Lipinski definition) is 1. The van der Waals surface area contributed by atoms with E-state index in [1.165, 1.54) is 11.1 Å². The molecule has 4 heteroatoms. The van der Waals surface area contributed by atoms with Gasteiger partial charge in [0.2, 0.25) is 0 Å². The maximum absolute atomic E-state index is 6.36. The second kappa shape index (κ2) is 5.96. The first-order valence-corrected chi connectivity index (χ1v) is 7.35. The molecule has 110 valence electrons. The first-order chi connectivity index (χ1) is 10.3. The van der Waals surface area contributed by atoms with Gasteiger partial charge < -0.3 is 14.8 Å². The molecule has 3 rings (SSSR count). The SMILES string of the molecule is COc1ccc2c(c1OC)CCNC2c1ccccc1Cl. The Kier molecular flexibility index (Phi) is 4.04. The normalized spacial score (nSPS) is 17.2. The quantitative estimate of drug-likeness (QED) is 0.940. The summed E-state index contributed by atoms with van der Waals surface area (Å²) in [5.41, 5.74) is 3.49. The Labute approximate surface area is 129 Å². The second-order valence-corrected chi connectivity index (χ2v) is 5.43. The summed E-state index contributed by atoms with van der Waals surface area (Å²) in [6, 6.07) is 12.1. The molecule has 0 saturated heterocycles. The number of benzene rings is 2. The van der Waals surface area contributed by atoms with Gasteiger partial charge in [-0.05, 0) is 29.7 Å². The van der Waals surface area contributed by atoms with Crippen LogP contribution >= 0.6 is 11.6 Å². The first kappa shape index (κ1) is 14.2. The number of nitrogens with one attached hydrogen (secondary N) is 1. The lowest BCUT2D eigenvalue weighted by molar-refractivity contribution is 0.348. The molecule has 1 N–H and O–H groups in total. The summed E-state index contributed by atoms with van der Waals surface area (Å²) in [5, 5.41) is 4.32. The fraction of sp³-hybridized carbons (Fsp3) is 0.294. The van der Waals surface area contributed by atoms with Gasteiger partial charge in [-0.1, -0.05) is 35.9 Å². The molecule has 0 spiro atoms.